The van der Waals surface area contributed by atoms with Crippen LogP contribution in [0.25, 0.3) is 28.0 Å². The van der Waals surface area contributed by atoms with Crippen LogP contribution in [0.3, 0.4) is 0 Å². The molecule has 0 bridgehead atoms. The van der Waals surface area contributed by atoms with Gasteiger partial charge in [0.15, 0.2) is 23.9 Å². The summed E-state index contributed by atoms with van der Waals surface area (Å²) < 4.78 is 17.0. The topological polar surface area (TPSA) is 61.6 Å². The van der Waals surface area contributed by atoms with Gasteiger partial charge in [-0.15, -0.1) is 0 Å². The SMILES string of the molecule is COc1cccnc1-c1ccc2oc(C3=CC=C(C)C(C=O)O3)cc2c1. The molecule has 1 aromatic carbocycles. The van der Waals surface area contributed by atoms with Crippen molar-refractivity contribution < 1.29 is 18.7 Å². The van der Waals surface area contributed by atoms with E-state index in [-0.39, 0.29) is 0 Å². The molecule has 0 saturated heterocycles. The van der Waals surface area contributed by atoms with Gasteiger partial charge in [0.05, 0.1) is 7.11 Å². The van der Waals surface area contributed by atoms with Crippen molar-refractivity contribution in [2.24, 2.45) is 0 Å². The van der Waals surface area contributed by atoms with Gasteiger partial charge >= 0.3 is 0 Å². The van der Waals surface area contributed by atoms with Crippen LogP contribution in [-0.4, -0.2) is 24.5 Å². The zero-order valence-electron chi connectivity index (χ0n) is 14.4. The van der Waals surface area contributed by atoms with E-state index < -0.39 is 6.10 Å². The van der Waals surface area contributed by atoms with E-state index in [0.29, 0.717) is 17.3 Å². The van der Waals surface area contributed by atoms with Gasteiger partial charge in [-0.3, -0.25) is 9.78 Å². The Balaban J connectivity index is 1.74. The van der Waals surface area contributed by atoms with Crippen molar-refractivity contribution in [3.63, 3.8) is 0 Å². The molecule has 0 aliphatic carbocycles. The van der Waals surface area contributed by atoms with Crippen LogP contribution < -0.4 is 4.74 Å². The maximum absolute atomic E-state index is 11.1. The maximum atomic E-state index is 11.1. The van der Waals surface area contributed by atoms with Gasteiger partial charge in [-0.05, 0) is 55.0 Å². The Bertz CT molecular complexity index is 1050. The highest BCUT2D eigenvalue weighted by molar-refractivity contribution is 5.86. The molecule has 26 heavy (non-hydrogen) atoms. The second kappa shape index (κ2) is 6.52. The van der Waals surface area contributed by atoms with Gasteiger partial charge in [-0.25, -0.2) is 0 Å². The number of furan rings is 1. The summed E-state index contributed by atoms with van der Waals surface area (Å²) in [7, 11) is 1.63. The van der Waals surface area contributed by atoms with E-state index in [1.165, 1.54) is 0 Å². The Morgan fingerprint density at radius 1 is 1.19 bits per heavy atom. The monoisotopic (exact) mass is 347 g/mol. The van der Waals surface area contributed by atoms with E-state index >= 15 is 0 Å². The Labute approximate surface area is 150 Å². The summed E-state index contributed by atoms with van der Waals surface area (Å²) >= 11 is 0. The van der Waals surface area contributed by atoms with E-state index in [9.17, 15) is 4.79 Å². The molecular formula is C21H17NO4. The molecule has 130 valence electrons. The molecular weight excluding hydrogens is 330 g/mol. The number of hydrogen-bond acceptors (Lipinski definition) is 5. The molecule has 0 radical (unpaired) electrons. The average molecular weight is 347 g/mol. The van der Waals surface area contributed by atoms with Gasteiger partial charge in [0.2, 0.25) is 0 Å². The van der Waals surface area contributed by atoms with Crippen LogP contribution in [-0.2, 0) is 9.53 Å². The molecule has 0 amide bonds. The fourth-order valence-electron chi connectivity index (χ4n) is 2.93. The van der Waals surface area contributed by atoms with Crippen molar-refractivity contribution in [1.29, 1.82) is 0 Å². The molecule has 1 aliphatic rings. The van der Waals surface area contributed by atoms with Gasteiger partial charge in [0.1, 0.15) is 17.0 Å². The number of fused-ring (bicyclic) bond motifs is 1. The van der Waals surface area contributed by atoms with Gasteiger partial charge in [0, 0.05) is 17.1 Å². The van der Waals surface area contributed by atoms with Crippen LogP contribution in [0.1, 0.15) is 12.7 Å². The smallest absolute Gasteiger partial charge is 0.175 e. The minimum Gasteiger partial charge on any atom is -0.494 e. The van der Waals surface area contributed by atoms with Crippen molar-refractivity contribution in [2.45, 2.75) is 13.0 Å². The molecule has 1 aliphatic heterocycles. The number of carbonyl (C=O) groups excluding carboxylic acids is 1. The number of carbonyl (C=O) groups is 1. The Hall–Kier alpha value is -3.34. The number of pyridine rings is 1. The largest absolute Gasteiger partial charge is 0.494 e. The zero-order chi connectivity index (χ0) is 18.1. The molecule has 1 unspecified atom stereocenters. The fourth-order valence-corrected chi connectivity index (χ4v) is 2.93. The molecule has 3 aromatic rings. The summed E-state index contributed by atoms with van der Waals surface area (Å²) in [5.41, 5.74) is 3.30. The first-order valence-corrected chi connectivity index (χ1v) is 8.23. The first-order valence-electron chi connectivity index (χ1n) is 8.23. The lowest BCUT2D eigenvalue weighted by Crippen LogP contribution is -2.17. The lowest BCUT2D eigenvalue weighted by molar-refractivity contribution is -0.113. The van der Waals surface area contributed by atoms with Gasteiger partial charge < -0.3 is 13.9 Å². The molecule has 3 heterocycles. The Kier molecular flexibility index (Phi) is 4.05. The van der Waals surface area contributed by atoms with Crippen LogP contribution in [0.4, 0.5) is 0 Å². The van der Waals surface area contributed by atoms with E-state index in [4.69, 9.17) is 13.9 Å². The number of ether oxygens (including phenoxy) is 2. The zero-order valence-corrected chi connectivity index (χ0v) is 14.4. The molecule has 0 spiro atoms. The lowest BCUT2D eigenvalue weighted by atomic mass is 10.1. The third kappa shape index (κ3) is 2.77. The van der Waals surface area contributed by atoms with E-state index in [0.717, 1.165) is 34.1 Å². The number of aromatic nitrogens is 1. The van der Waals surface area contributed by atoms with Crippen LogP contribution in [0.15, 0.2) is 64.7 Å². The molecule has 0 N–H and O–H groups in total. The number of methoxy groups -OCH3 is 1. The standard InChI is InChI=1S/C21H17NO4/c1-13-5-7-17(26-20(13)12-23)19-11-15-10-14(6-8-16(15)25-19)21-18(24-2)4-3-9-22-21/h3-12,20H,1-2H3. The van der Waals surface area contributed by atoms with Crippen molar-refractivity contribution >= 4 is 23.0 Å². The molecule has 1 atom stereocenters. The van der Waals surface area contributed by atoms with Crippen molar-refractivity contribution in [2.75, 3.05) is 7.11 Å². The average Bonchev–Trinajstić information content (AvgIpc) is 3.11. The van der Waals surface area contributed by atoms with Crippen LogP contribution in [0.2, 0.25) is 0 Å². The third-order valence-corrected chi connectivity index (χ3v) is 4.35. The summed E-state index contributed by atoms with van der Waals surface area (Å²) in [4.78, 5) is 15.6. The number of nitrogens with zero attached hydrogens (tertiary/aromatic N) is 1. The summed E-state index contributed by atoms with van der Waals surface area (Å²) in [6.07, 6.45) is 5.63. The number of rotatable bonds is 4. The highest BCUT2D eigenvalue weighted by Gasteiger charge is 2.20. The first-order chi connectivity index (χ1) is 12.7. The number of allylic oxidation sites excluding steroid dienone is 2. The van der Waals surface area contributed by atoms with Gasteiger partial charge in [-0.2, -0.15) is 0 Å². The lowest BCUT2D eigenvalue weighted by Gasteiger charge is -2.18. The molecule has 5 heteroatoms. The number of benzene rings is 1. The minimum atomic E-state index is -0.573. The maximum Gasteiger partial charge on any atom is 0.175 e. The van der Waals surface area contributed by atoms with Gasteiger partial charge in [0.25, 0.3) is 0 Å². The highest BCUT2D eigenvalue weighted by Crippen LogP contribution is 2.33. The first kappa shape index (κ1) is 16.1. The summed E-state index contributed by atoms with van der Waals surface area (Å²) in [6.45, 7) is 1.86. The number of hydrogen-bond donors (Lipinski definition) is 0. The molecule has 0 fully saturated rings. The summed E-state index contributed by atoms with van der Waals surface area (Å²) in [6, 6.07) is 11.4. The van der Waals surface area contributed by atoms with Crippen molar-refractivity contribution in [1.82, 2.24) is 4.98 Å². The molecule has 4 rings (SSSR count). The van der Waals surface area contributed by atoms with Crippen molar-refractivity contribution in [3.05, 3.63) is 66.1 Å². The second-order valence-corrected chi connectivity index (χ2v) is 6.03. The molecule has 2 aromatic heterocycles. The summed E-state index contributed by atoms with van der Waals surface area (Å²) in [5, 5.41) is 0.920. The van der Waals surface area contributed by atoms with E-state index in [2.05, 4.69) is 4.98 Å². The fraction of sp³-hybridized carbons (Fsp3) is 0.143. The molecule has 0 saturated carbocycles. The van der Waals surface area contributed by atoms with E-state index in [1.54, 1.807) is 13.3 Å². The van der Waals surface area contributed by atoms with Crippen molar-refractivity contribution in [3.8, 4) is 17.0 Å². The van der Waals surface area contributed by atoms with Crippen LogP contribution in [0.5, 0.6) is 5.75 Å². The number of aldehydes is 1. The Morgan fingerprint density at radius 2 is 2.08 bits per heavy atom. The predicted octanol–water partition coefficient (Wildman–Crippen LogP) is 4.39. The van der Waals surface area contributed by atoms with E-state index in [1.807, 2.05) is 55.5 Å². The third-order valence-electron chi connectivity index (χ3n) is 4.35. The van der Waals surface area contributed by atoms with Gasteiger partial charge in [-0.1, -0.05) is 6.08 Å². The summed E-state index contributed by atoms with van der Waals surface area (Å²) in [5.74, 6) is 1.84. The Morgan fingerprint density at radius 3 is 2.88 bits per heavy atom. The minimum absolute atomic E-state index is 0.542. The van der Waals surface area contributed by atoms with Crippen LogP contribution >= 0.6 is 0 Å². The quantitative estimate of drug-likeness (QED) is 0.655. The highest BCUT2D eigenvalue weighted by atomic mass is 16.5. The molecule has 5 nitrogen and oxygen atoms in total. The normalized spacial score (nSPS) is 16.6. The second-order valence-electron chi connectivity index (χ2n) is 6.03. The predicted molar refractivity (Wildman–Crippen MR) is 98.7 cm³/mol. The van der Waals surface area contributed by atoms with Crippen LogP contribution in [0, 0.1) is 0 Å².